The minimum Gasteiger partial charge on any atom is -0.400 e. The van der Waals surface area contributed by atoms with Crippen LogP contribution in [0.1, 0.15) is 33.4 Å². The highest BCUT2D eigenvalue weighted by Crippen LogP contribution is 2.38. The van der Waals surface area contributed by atoms with Crippen LogP contribution in [0.25, 0.3) is 6.08 Å². The predicted molar refractivity (Wildman–Crippen MR) is 82.8 cm³/mol. The molecule has 0 saturated carbocycles. The maximum atomic E-state index is 11.0. The topological polar surface area (TPSA) is 64.2 Å². The zero-order valence-electron chi connectivity index (χ0n) is 12.1. The SMILES string of the molecule is CC1(C)OB(C(=Cc2ccc(=O)[nH]n2)CS)OC1(C)C. The maximum absolute atomic E-state index is 11.0. The average molecular weight is 294 g/mol. The molecule has 0 amide bonds. The van der Waals surface area contributed by atoms with Gasteiger partial charge < -0.3 is 9.31 Å². The van der Waals surface area contributed by atoms with Crippen LogP contribution in [0.15, 0.2) is 22.4 Å². The summed E-state index contributed by atoms with van der Waals surface area (Å²) in [6.07, 6.45) is 1.82. The van der Waals surface area contributed by atoms with Gasteiger partial charge in [-0.2, -0.15) is 17.7 Å². The lowest BCUT2D eigenvalue weighted by molar-refractivity contribution is 0.00578. The number of nitrogens with one attached hydrogen (secondary N) is 1. The van der Waals surface area contributed by atoms with E-state index >= 15 is 0 Å². The Morgan fingerprint density at radius 2 is 1.95 bits per heavy atom. The molecule has 108 valence electrons. The summed E-state index contributed by atoms with van der Waals surface area (Å²) in [6.45, 7) is 8.01. The number of rotatable bonds is 3. The fraction of sp³-hybridized carbons (Fsp3) is 0.538. The third kappa shape index (κ3) is 3.00. The second-order valence-corrected chi connectivity index (χ2v) is 6.13. The zero-order chi connectivity index (χ0) is 15.0. The molecule has 0 aliphatic carbocycles. The average Bonchev–Trinajstić information content (AvgIpc) is 2.57. The molecular weight excluding hydrogens is 275 g/mol. The largest absolute Gasteiger partial charge is 0.491 e. The summed E-state index contributed by atoms with van der Waals surface area (Å²) in [7, 11) is -0.453. The summed E-state index contributed by atoms with van der Waals surface area (Å²) in [5.41, 5.74) is 0.496. The molecule has 2 rings (SSSR count). The van der Waals surface area contributed by atoms with Crippen molar-refractivity contribution in [3.8, 4) is 0 Å². The van der Waals surface area contributed by atoms with Gasteiger partial charge in [-0.3, -0.25) is 4.79 Å². The number of hydrogen-bond acceptors (Lipinski definition) is 5. The van der Waals surface area contributed by atoms with Crippen molar-refractivity contribution in [1.82, 2.24) is 10.2 Å². The van der Waals surface area contributed by atoms with E-state index in [2.05, 4.69) is 22.8 Å². The van der Waals surface area contributed by atoms with Crippen LogP contribution in [0.2, 0.25) is 0 Å². The molecule has 0 bridgehead atoms. The van der Waals surface area contributed by atoms with Crippen LogP contribution in [0, 0.1) is 0 Å². The standard InChI is InChI=1S/C13H19BN2O3S/c1-12(2)13(3,4)19-14(18-12)9(8-20)7-10-5-6-11(17)16-15-10/h5-7,20H,8H2,1-4H3,(H,16,17). The molecule has 1 fully saturated rings. The summed E-state index contributed by atoms with van der Waals surface area (Å²) in [5.74, 6) is 0.484. The molecule has 0 radical (unpaired) electrons. The minimum atomic E-state index is -0.453. The Morgan fingerprint density at radius 3 is 2.40 bits per heavy atom. The molecule has 20 heavy (non-hydrogen) atoms. The first kappa shape index (κ1) is 15.3. The number of nitrogens with zero attached hydrogens (tertiary/aromatic N) is 1. The van der Waals surface area contributed by atoms with Crippen LogP contribution in [-0.2, 0) is 9.31 Å². The molecule has 5 nitrogen and oxygen atoms in total. The van der Waals surface area contributed by atoms with Crippen molar-refractivity contribution >= 4 is 25.8 Å². The van der Waals surface area contributed by atoms with E-state index in [0.717, 1.165) is 5.47 Å². The fourth-order valence-electron chi connectivity index (χ4n) is 1.81. The van der Waals surface area contributed by atoms with Gasteiger partial charge in [0.2, 0.25) is 0 Å². The van der Waals surface area contributed by atoms with Crippen molar-refractivity contribution in [2.45, 2.75) is 38.9 Å². The van der Waals surface area contributed by atoms with E-state index in [0.29, 0.717) is 11.4 Å². The predicted octanol–water partition coefficient (Wildman–Crippen LogP) is 1.71. The smallest absolute Gasteiger partial charge is 0.400 e. The third-order valence-corrected chi connectivity index (χ3v) is 4.14. The molecule has 1 aliphatic rings. The number of thiol groups is 1. The third-order valence-electron chi connectivity index (χ3n) is 3.77. The van der Waals surface area contributed by atoms with Gasteiger partial charge in [0.15, 0.2) is 0 Å². The van der Waals surface area contributed by atoms with Crippen LogP contribution in [0.4, 0.5) is 0 Å². The summed E-state index contributed by atoms with van der Waals surface area (Å²) in [4.78, 5) is 11.0. The molecular formula is C13H19BN2O3S. The Labute approximate surface area is 124 Å². The molecule has 0 unspecified atom stereocenters. The number of aromatic amines is 1. The molecule has 1 N–H and O–H groups in total. The van der Waals surface area contributed by atoms with E-state index < -0.39 is 18.3 Å². The van der Waals surface area contributed by atoms with Crippen molar-refractivity contribution in [1.29, 1.82) is 0 Å². The Morgan fingerprint density at radius 1 is 1.35 bits per heavy atom. The molecule has 0 aromatic carbocycles. The molecule has 0 spiro atoms. The highest BCUT2D eigenvalue weighted by molar-refractivity contribution is 7.80. The van der Waals surface area contributed by atoms with Crippen molar-refractivity contribution in [2.24, 2.45) is 0 Å². The second kappa shape index (κ2) is 5.39. The first-order valence-corrected chi connectivity index (χ1v) is 7.11. The van der Waals surface area contributed by atoms with Gasteiger partial charge in [-0.1, -0.05) is 0 Å². The Balaban J connectivity index is 2.26. The van der Waals surface area contributed by atoms with Crippen molar-refractivity contribution in [2.75, 3.05) is 5.75 Å². The Kier molecular flexibility index (Phi) is 4.13. The van der Waals surface area contributed by atoms with Gasteiger partial charge in [0, 0.05) is 11.8 Å². The van der Waals surface area contributed by atoms with Crippen molar-refractivity contribution < 1.29 is 9.31 Å². The molecule has 1 aromatic rings. The quantitative estimate of drug-likeness (QED) is 0.658. The number of H-pyrrole nitrogens is 1. The zero-order valence-corrected chi connectivity index (χ0v) is 13.0. The fourth-order valence-corrected chi connectivity index (χ4v) is 2.05. The first-order valence-electron chi connectivity index (χ1n) is 6.48. The van der Waals surface area contributed by atoms with Crippen LogP contribution in [-0.4, -0.2) is 34.3 Å². The normalized spacial score (nSPS) is 21.2. The summed E-state index contributed by atoms with van der Waals surface area (Å²) in [6, 6.07) is 3.08. The van der Waals surface area contributed by atoms with Gasteiger partial charge in [0.05, 0.1) is 16.9 Å². The summed E-state index contributed by atoms with van der Waals surface area (Å²) >= 11 is 4.33. The summed E-state index contributed by atoms with van der Waals surface area (Å²) in [5, 5.41) is 6.35. The highest BCUT2D eigenvalue weighted by atomic mass is 32.1. The summed E-state index contributed by atoms with van der Waals surface area (Å²) < 4.78 is 11.9. The molecule has 0 atom stereocenters. The van der Waals surface area contributed by atoms with Crippen LogP contribution < -0.4 is 5.56 Å². The number of hydrogen-bond donors (Lipinski definition) is 2. The van der Waals surface area contributed by atoms with E-state index in [1.807, 2.05) is 33.8 Å². The Hall–Kier alpha value is -1.05. The van der Waals surface area contributed by atoms with E-state index in [1.165, 1.54) is 6.07 Å². The maximum Gasteiger partial charge on any atom is 0.491 e. The van der Waals surface area contributed by atoms with Crippen LogP contribution in [0.3, 0.4) is 0 Å². The van der Waals surface area contributed by atoms with Gasteiger partial charge in [-0.25, -0.2) is 5.10 Å². The van der Waals surface area contributed by atoms with Gasteiger partial charge >= 0.3 is 7.12 Å². The minimum absolute atomic E-state index is 0.231. The molecule has 2 heterocycles. The van der Waals surface area contributed by atoms with Gasteiger partial charge in [-0.15, -0.1) is 0 Å². The van der Waals surface area contributed by atoms with Crippen LogP contribution in [0.5, 0.6) is 0 Å². The van der Waals surface area contributed by atoms with Crippen LogP contribution >= 0.6 is 12.6 Å². The van der Waals surface area contributed by atoms with Gasteiger partial charge in [-0.05, 0) is 45.3 Å². The van der Waals surface area contributed by atoms with Crippen molar-refractivity contribution in [3.05, 3.63) is 33.7 Å². The van der Waals surface area contributed by atoms with E-state index in [4.69, 9.17) is 9.31 Å². The molecule has 1 saturated heterocycles. The lowest BCUT2D eigenvalue weighted by atomic mass is 9.78. The van der Waals surface area contributed by atoms with Gasteiger partial charge in [0.25, 0.3) is 5.56 Å². The monoisotopic (exact) mass is 294 g/mol. The van der Waals surface area contributed by atoms with Crippen molar-refractivity contribution in [3.63, 3.8) is 0 Å². The number of aromatic nitrogens is 2. The molecule has 1 aliphatic heterocycles. The lowest BCUT2D eigenvalue weighted by Crippen LogP contribution is -2.41. The van der Waals surface area contributed by atoms with Gasteiger partial charge in [0.1, 0.15) is 0 Å². The molecule has 1 aromatic heterocycles. The lowest BCUT2D eigenvalue weighted by Gasteiger charge is -2.32. The molecule has 7 heteroatoms. The van der Waals surface area contributed by atoms with E-state index in [1.54, 1.807) is 6.07 Å². The first-order chi connectivity index (χ1) is 9.25. The highest BCUT2D eigenvalue weighted by Gasteiger charge is 2.52. The Bertz CT molecular complexity index is 547. The second-order valence-electron chi connectivity index (χ2n) is 5.81. The van der Waals surface area contributed by atoms with E-state index in [9.17, 15) is 4.79 Å². The van der Waals surface area contributed by atoms with E-state index in [-0.39, 0.29) is 5.56 Å².